The molecule has 0 spiro atoms. The summed E-state index contributed by atoms with van der Waals surface area (Å²) >= 11 is 0. The molecular weight excluding hydrogens is 191 g/mol. The first-order chi connectivity index (χ1) is 6.54. The zero-order chi connectivity index (χ0) is 11.4. The number of unbranched alkanes of at least 4 members (excludes halogenated alkanes) is 2. The van der Waals surface area contributed by atoms with Crippen molar-refractivity contribution in [1.82, 2.24) is 0 Å². The van der Waals surface area contributed by atoms with Gasteiger partial charge in [0.05, 0.1) is 7.14 Å². The molecule has 1 nitrogen and oxygen atoms in total. The molecule has 0 atom stereocenters. The van der Waals surface area contributed by atoms with Crippen LogP contribution in [0.5, 0.6) is 0 Å². The van der Waals surface area contributed by atoms with Crippen molar-refractivity contribution in [3.63, 3.8) is 0 Å². The monoisotopic (exact) mass is 220 g/mol. The fraction of sp³-hybridized carbons (Fsp3) is 1.00. The number of rotatable bonds is 6. The maximum Gasteiger partial charge on any atom is 0.0848 e. The molecule has 0 aliphatic rings. The highest BCUT2D eigenvalue weighted by Gasteiger charge is 2.12. The lowest BCUT2D eigenvalue weighted by Gasteiger charge is -2.10. The molecule has 0 N–H and O–H groups in total. The lowest BCUT2D eigenvalue weighted by Crippen LogP contribution is -1.93. The lowest BCUT2D eigenvalue weighted by molar-refractivity contribution is 0.574. The Labute approximate surface area is 91.0 Å². The normalized spacial score (nSPS) is 10.6. The van der Waals surface area contributed by atoms with Crippen LogP contribution in [0.2, 0.25) is 0 Å². The molecule has 0 heterocycles. The summed E-state index contributed by atoms with van der Waals surface area (Å²) < 4.78 is 11.7. The highest BCUT2D eigenvalue weighted by atomic mass is 31.2. The van der Waals surface area contributed by atoms with Gasteiger partial charge in [-0.05, 0) is 19.5 Å². The molecule has 14 heavy (non-hydrogen) atoms. The van der Waals surface area contributed by atoms with E-state index in [1.54, 1.807) is 0 Å². The molecule has 0 saturated heterocycles. The minimum atomic E-state index is -1.73. The van der Waals surface area contributed by atoms with E-state index in [1.807, 2.05) is 6.66 Å². The van der Waals surface area contributed by atoms with E-state index < -0.39 is 7.14 Å². The van der Waals surface area contributed by atoms with Gasteiger partial charge in [0, 0.05) is 12.3 Å². The van der Waals surface area contributed by atoms with E-state index in [9.17, 15) is 4.57 Å². The molecule has 0 aromatic rings. The van der Waals surface area contributed by atoms with Crippen molar-refractivity contribution < 1.29 is 4.57 Å². The molecule has 0 radical (unpaired) electrons. The van der Waals surface area contributed by atoms with Gasteiger partial charge in [-0.2, -0.15) is 0 Å². The van der Waals surface area contributed by atoms with Gasteiger partial charge in [0.2, 0.25) is 0 Å². The van der Waals surface area contributed by atoms with Crippen molar-refractivity contribution in [1.29, 1.82) is 0 Å². The molecule has 0 bridgehead atoms. The van der Waals surface area contributed by atoms with E-state index in [4.69, 9.17) is 0 Å². The molecule has 88 valence electrons. The third kappa shape index (κ3) is 14.7. The van der Waals surface area contributed by atoms with E-state index >= 15 is 0 Å². The van der Waals surface area contributed by atoms with Crippen LogP contribution in [0.25, 0.3) is 0 Å². The SMILES string of the molecule is CCC.CCCCP(C)(=O)CCCC. The highest BCUT2D eigenvalue weighted by molar-refractivity contribution is 7.63. The van der Waals surface area contributed by atoms with Crippen LogP contribution in [0.15, 0.2) is 0 Å². The fourth-order valence-corrected chi connectivity index (χ4v) is 3.29. The molecule has 0 aromatic heterocycles. The van der Waals surface area contributed by atoms with Gasteiger partial charge in [0.15, 0.2) is 0 Å². The minimum absolute atomic E-state index is 0.962. The molecule has 0 aromatic carbocycles. The zero-order valence-corrected chi connectivity index (χ0v) is 11.7. The quantitative estimate of drug-likeness (QED) is 0.576. The second-order valence-corrected chi connectivity index (χ2v) is 7.65. The molecular formula is C12H29OP. The van der Waals surface area contributed by atoms with Crippen LogP contribution < -0.4 is 0 Å². The second-order valence-electron chi connectivity index (χ2n) is 4.16. The molecule has 0 saturated carbocycles. The van der Waals surface area contributed by atoms with E-state index in [2.05, 4.69) is 27.7 Å². The summed E-state index contributed by atoms with van der Waals surface area (Å²) in [7, 11) is -1.73. The van der Waals surface area contributed by atoms with Crippen LogP contribution in [0, 0.1) is 0 Å². The van der Waals surface area contributed by atoms with Crippen molar-refractivity contribution >= 4 is 7.14 Å². The molecule has 0 unspecified atom stereocenters. The molecule has 0 aliphatic carbocycles. The standard InChI is InChI=1S/C9H21OP.C3H8/c1-4-6-8-11(3,10)9-7-5-2;1-3-2/h4-9H2,1-3H3;3H2,1-2H3. The minimum Gasteiger partial charge on any atom is -0.324 e. The zero-order valence-electron chi connectivity index (χ0n) is 10.8. The largest absolute Gasteiger partial charge is 0.324 e. The second kappa shape index (κ2) is 11.3. The van der Waals surface area contributed by atoms with E-state index in [1.165, 1.54) is 19.3 Å². The number of hydrogen-bond acceptors (Lipinski definition) is 1. The van der Waals surface area contributed by atoms with Gasteiger partial charge >= 0.3 is 0 Å². The van der Waals surface area contributed by atoms with Gasteiger partial charge in [0.25, 0.3) is 0 Å². The smallest absolute Gasteiger partial charge is 0.0848 e. The molecule has 0 aliphatic heterocycles. The summed E-state index contributed by atoms with van der Waals surface area (Å²) in [5, 5.41) is 0. The Kier molecular flexibility index (Phi) is 13.4. The van der Waals surface area contributed by atoms with Crippen LogP contribution in [0.4, 0.5) is 0 Å². The summed E-state index contributed by atoms with van der Waals surface area (Å²) in [4.78, 5) is 0. The summed E-state index contributed by atoms with van der Waals surface area (Å²) in [6.45, 7) is 10.5. The Morgan fingerprint density at radius 3 is 1.36 bits per heavy atom. The topological polar surface area (TPSA) is 17.1 Å². The summed E-state index contributed by atoms with van der Waals surface area (Å²) in [6, 6.07) is 0. The van der Waals surface area contributed by atoms with Crippen molar-refractivity contribution in [3.05, 3.63) is 0 Å². The highest BCUT2D eigenvalue weighted by Crippen LogP contribution is 2.42. The average molecular weight is 220 g/mol. The fourth-order valence-electron chi connectivity index (χ4n) is 1.10. The van der Waals surface area contributed by atoms with Crippen LogP contribution in [0.1, 0.15) is 59.8 Å². The predicted molar refractivity (Wildman–Crippen MR) is 69.0 cm³/mol. The Bertz CT molecular complexity index is 131. The summed E-state index contributed by atoms with van der Waals surface area (Å²) in [5.74, 6) is 0. The van der Waals surface area contributed by atoms with Crippen molar-refractivity contribution in [2.24, 2.45) is 0 Å². The molecule has 0 rings (SSSR count). The van der Waals surface area contributed by atoms with Crippen molar-refractivity contribution in [2.45, 2.75) is 59.8 Å². The average Bonchev–Trinajstić information content (AvgIpc) is 2.13. The third-order valence-electron chi connectivity index (χ3n) is 1.97. The Hall–Kier alpha value is 0.230. The Balaban J connectivity index is 0. The molecule has 0 amide bonds. The summed E-state index contributed by atoms with van der Waals surface area (Å²) in [6.07, 6.45) is 7.79. The van der Waals surface area contributed by atoms with Crippen LogP contribution in [-0.2, 0) is 4.57 Å². The van der Waals surface area contributed by atoms with Gasteiger partial charge in [-0.1, -0.05) is 47.0 Å². The van der Waals surface area contributed by atoms with Crippen LogP contribution in [-0.4, -0.2) is 19.0 Å². The van der Waals surface area contributed by atoms with Gasteiger partial charge in [-0.15, -0.1) is 0 Å². The first-order valence-electron chi connectivity index (χ1n) is 6.09. The van der Waals surface area contributed by atoms with E-state index in [0.717, 1.165) is 25.2 Å². The first kappa shape index (κ1) is 16.7. The van der Waals surface area contributed by atoms with Gasteiger partial charge in [-0.25, -0.2) is 0 Å². The predicted octanol–water partition coefficient (Wildman–Crippen LogP) is 5.00. The van der Waals surface area contributed by atoms with E-state index in [0.29, 0.717) is 0 Å². The van der Waals surface area contributed by atoms with Gasteiger partial charge < -0.3 is 4.57 Å². The van der Waals surface area contributed by atoms with Gasteiger partial charge in [-0.3, -0.25) is 0 Å². The van der Waals surface area contributed by atoms with Crippen molar-refractivity contribution in [2.75, 3.05) is 19.0 Å². The van der Waals surface area contributed by atoms with Gasteiger partial charge in [0.1, 0.15) is 0 Å². The van der Waals surface area contributed by atoms with Crippen molar-refractivity contribution in [3.8, 4) is 0 Å². The number of hydrogen-bond donors (Lipinski definition) is 0. The molecule has 0 fully saturated rings. The maximum absolute atomic E-state index is 11.7. The van der Waals surface area contributed by atoms with Crippen LogP contribution >= 0.6 is 7.14 Å². The maximum atomic E-state index is 11.7. The Morgan fingerprint density at radius 1 is 0.857 bits per heavy atom. The third-order valence-corrected chi connectivity index (χ3v) is 4.49. The summed E-state index contributed by atoms with van der Waals surface area (Å²) in [5.41, 5.74) is 0. The lowest BCUT2D eigenvalue weighted by atomic mass is 10.4. The Morgan fingerprint density at radius 2 is 1.14 bits per heavy atom. The first-order valence-corrected chi connectivity index (χ1v) is 8.62. The van der Waals surface area contributed by atoms with E-state index in [-0.39, 0.29) is 0 Å². The van der Waals surface area contributed by atoms with Crippen LogP contribution in [0.3, 0.4) is 0 Å². The molecule has 2 heteroatoms.